The van der Waals surface area contributed by atoms with E-state index in [2.05, 4.69) is 0 Å². The third kappa shape index (κ3) is 4.86. The van der Waals surface area contributed by atoms with Crippen molar-refractivity contribution in [2.24, 2.45) is 0 Å². The number of benzene rings is 2. The molecule has 1 unspecified atom stereocenters. The molecule has 0 radical (unpaired) electrons. The number of aliphatic hydroxyl groups is 1. The molecule has 9 heteroatoms. The van der Waals surface area contributed by atoms with Crippen LogP contribution >= 0.6 is 0 Å². The standard InChI is InChI=1S/C27H31F4N3O2/c1-32(22-9-11-33(12-10-22)23(15-28)16-29)26(36)34-17-19(24-13-21(30)7-8-25(24)31)14-27(34,18-35)20-5-3-2-4-6-20/h2-8,13-14,22-23,35H,9-12,15-18H2,1H3. The molecule has 2 heterocycles. The zero-order chi connectivity index (χ0) is 25.9. The molecular weight excluding hydrogens is 474 g/mol. The Morgan fingerprint density at radius 1 is 1.11 bits per heavy atom. The van der Waals surface area contributed by atoms with E-state index in [-0.39, 0.29) is 24.2 Å². The highest BCUT2D eigenvalue weighted by Gasteiger charge is 2.46. The Morgan fingerprint density at radius 2 is 1.78 bits per heavy atom. The quantitative estimate of drug-likeness (QED) is 0.569. The van der Waals surface area contributed by atoms with E-state index in [0.717, 1.165) is 18.2 Å². The van der Waals surface area contributed by atoms with E-state index in [1.165, 1.54) is 4.90 Å². The molecule has 2 aromatic carbocycles. The summed E-state index contributed by atoms with van der Waals surface area (Å²) in [6.45, 7) is -1.07. The molecule has 1 saturated heterocycles. The fourth-order valence-corrected chi connectivity index (χ4v) is 5.28. The number of urea groups is 1. The smallest absolute Gasteiger partial charge is 0.321 e. The third-order valence-electron chi connectivity index (χ3n) is 7.46. The van der Waals surface area contributed by atoms with E-state index >= 15 is 0 Å². The molecule has 0 bridgehead atoms. The molecule has 2 aliphatic heterocycles. The van der Waals surface area contributed by atoms with Gasteiger partial charge in [-0.1, -0.05) is 30.3 Å². The van der Waals surface area contributed by atoms with E-state index in [0.29, 0.717) is 37.1 Å². The van der Waals surface area contributed by atoms with Gasteiger partial charge in [0, 0.05) is 38.3 Å². The minimum Gasteiger partial charge on any atom is -0.393 e. The molecule has 2 aromatic rings. The van der Waals surface area contributed by atoms with Crippen molar-refractivity contribution >= 4 is 11.6 Å². The van der Waals surface area contributed by atoms with Gasteiger partial charge in [-0.3, -0.25) is 4.90 Å². The van der Waals surface area contributed by atoms with Crippen molar-refractivity contribution in [3.63, 3.8) is 0 Å². The van der Waals surface area contributed by atoms with Crippen molar-refractivity contribution < 1.29 is 27.5 Å². The van der Waals surface area contributed by atoms with Crippen LogP contribution in [0.2, 0.25) is 0 Å². The van der Waals surface area contributed by atoms with Gasteiger partial charge in [0.1, 0.15) is 30.5 Å². The molecule has 0 saturated carbocycles. The summed E-state index contributed by atoms with van der Waals surface area (Å²) in [4.78, 5) is 18.7. The highest BCUT2D eigenvalue weighted by Crippen LogP contribution is 2.41. The molecule has 2 amide bonds. The van der Waals surface area contributed by atoms with Crippen LogP contribution in [0.3, 0.4) is 0 Å². The highest BCUT2D eigenvalue weighted by atomic mass is 19.1. The van der Waals surface area contributed by atoms with Crippen LogP contribution in [0.1, 0.15) is 24.0 Å². The summed E-state index contributed by atoms with van der Waals surface area (Å²) in [5.74, 6) is -1.22. The molecule has 1 N–H and O–H groups in total. The predicted molar refractivity (Wildman–Crippen MR) is 130 cm³/mol. The number of amides is 2. The lowest BCUT2D eigenvalue weighted by atomic mass is 9.89. The number of halogens is 4. The number of carbonyl (C=O) groups excluding carboxylic acids is 1. The summed E-state index contributed by atoms with van der Waals surface area (Å²) in [5.41, 5.74) is -0.187. The third-order valence-corrected chi connectivity index (χ3v) is 7.46. The van der Waals surface area contributed by atoms with Crippen molar-refractivity contribution in [1.82, 2.24) is 14.7 Å². The number of aliphatic hydroxyl groups excluding tert-OH is 1. The maximum Gasteiger partial charge on any atom is 0.321 e. The maximum absolute atomic E-state index is 14.7. The van der Waals surface area contributed by atoms with Crippen LogP contribution in [0.25, 0.3) is 5.57 Å². The number of alkyl halides is 2. The zero-order valence-corrected chi connectivity index (χ0v) is 20.2. The van der Waals surface area contributed by atoms with Gasteiger partial charge >= 0.3 is 6.03 Å². The molecule has 194 valence electrons. The van der Waals surface area contributed by atoms with Gasteiger partial charge < -0.3 is 14.9 Å². The Balaban J connectivity index is 1.63. The first-order valence-corrected chi connectivity index (χ1v) is 12.1. The zero-order valence-electron chi connectivity index (χ0n) is 20.2. The van der Waals surface area contributed by atoms with Crippen molar-refractivity contribution in [1.29, 1.82) is 0 Å². The summed E-state index contributed by atoms with van der Waals surface area (Å²) in [5, 5.41) is 10.6. The average Bonchev–Trinajstić information content (AvgIpc) is 3.31. The summed E-state index contributed by atoms with van der Waals surface area (Å²) < 4.78 is 54.9. The fraction of sp³-hybridized carbons (Fsp3) is 0.444. The minimum atomic E-state index is -1.27. The number of piperidine rings is 1. The van der Waals surface area contributed by atoms with Crippen molar-refractivity contribution in [3.05, 3.63) is 77.4 Å². The normalized spacial score (nSPS) is 21.2. The van der Waals surface area contributed by atoms with Crippen molar-refractivity contribution in [2.45, 2.75) is 30.5 Å². The monoisotopic (exact) mass is 505 g/mol. The Kier molecular flexibility index (Phi) is 8.00. The Morgan fingerprint density at radius 3 is 2.39 bits per heavy atom. The second-order valence-electron chi connectivity index (χ2n) is 9.45. The fourth-order valence-electron chi connectivity index (χ4n) is 5.28. The molecular formula is C27H31F4N3O2. The highest BCUT2D eigenvalue weighted by molar-refractivity contribution is 5.83. The minimum absolute atomic E-state index is 0.0242. The molecule has 5 nitrogen and oxygen atoms in total. The Hall–Kier alpha value is -2.91. The van der Waals surface area contributed by atoms with Gasteiger partial charge in [0.2, 0.25) is 0 Å². The second kappa shape index (κ2) is 11.0. The molecule has 36 heavy (non-hydrogen) atoms. The Bertz CT molecular complexity index is 1090. The number of rotatable bonds is 7. The van der Waals surface area contributed by atoms with Gasteiger partial charge in [0.25, 0.3) is 0 Å². The number of hydrogen-bond acceptors (Lipinski definition) is 3. The first kappa shape index (κ1) is 26.2. The van der Waals surface area contributed by atoms with E-state index in [1.54, 1.807) is 47.2 Å². The number of likely N-dealkylation sites (tertiary alicyclic amines) is 1. The van der Waals surface area contributed by atoms with Gasteiger partial charge in [0.15, 0.2) is 0 Å². The van der Waals surface area contributed by atoms with Gasteiger partial charge in [-0.05, 0) is 48.3 Å². The van der Waals surface area contributed by atoms with Crippen LogP contribution in [0.4, 0.5) is 22.4 Å². The van der Waals surface area contributed by atoms with Gasteiger partial charge in [-0.15, -0.1) is 0 Å². The molecule has 0 aliphatic carbocycles. The topological polar surface area (TPSA) is 47.0 Å². The van der Waals surface area contributed by atoms with Crippen LogP contribution < -0.4 is 0 Å². The van der Waals surface area contributed by atoms with Crippen molar-refractivity contribution in [3.8, 4) is 0 Å². The van der Waals surface area contributed by atoms with Crippen LogP contribution in [-0.4, -0.2) is 84.6 Å². The lowest BCUT2D eigenvalue weighted by Crippen LogP contribution is -2.56. The van der Waals surface area contributed by atoms with Crippen LogP contribution in [0.15, 0.2) is 54.6 Å². The molecule has 1 fully saturated rings. The summed E-state index contributed by atoms with van der Waals surface area (Å²) >= 11 is 0. The molecule has 1 atom stereocenters. The first-order chi connectivity index (χ1) is 17.3. The number of hydrogen-bond donors (Lipinski definition) is 1. The lowest BCUT2D eigenvalue weighted by molar-refractivity contribution is 0.0553. The lowest BCUT2D eigenvalue weighted by Gasteiger charge is -2.43. The van der Waals surface area contributed by atoms with Gasteiger partial charge in [-0.25, -0.2) is 22.4 Å². The van der Waals surface area contributed by atoms with Crippen molar-refractivity contribution in [2.75, 3.05) is 46.6 Å². The largest absolute Gasteiger partial charge is 0.393 e. The van der Waals surface area contributed by atoms with Gasteiger partial charge in [-0.2, -0.15) is 0 Å². The van der Waals surface area contributed by atoms with E-state index < -0.39 is 43.2 Å². The van der Waals surface area contributed by atoms with Gasteiger partial charge in [0.05, 0.1) is 12.6 Å². The van der Waals surface area contributed by atoms with Crippen LogP contribution in [0.5, 0.6) is 0 Å². The average molecular weight is 506 g/mol. The van der Waals surface area contributed by atoms with Crippen LogP contribution in [0, 0.1) is 11.6 Å². The SMILES string of the molecule is CN(C(=O)N1CC(c2cc(F)ccc2F)=CC1(CO)c1ccccc1)C1CCN(C(CF)CF)CC1. The second-order valence-corrected chi connectivity index (χ2v) is 9.45. The summed E-state index contributed by atoms with van der Waals surface area (Å²) in [6.07, 6.45) is 2.73. The van der Waals surface area contributed by atoms with E-state index in [4.69, 9.17) is 0 Å². The molecule has 4 rings (SSSR count). The summed E-state index contributed by atoms with van der Waals surface area (Å²) in [6, 6.07) is 10.8. The predicted octanol–water partition coefficient (Wildman–Crippen LogP) is 4.38. The number of carbonyl (C=O) groups is 1. The van der Waals surface area contributed by atoms with E-state index in [1.807, 2.05) is 6.07 Å². The Labute approximate surface area is 208 Å². The molecule has 2 aliphatic rings. The maximum atomic E-state index is 14.7. The first-order valence-electron chi connectivity index (χ1n) is 12.1. The summed E-state index contributed by atoms with van der Waals surface area (Å²) in [7, 11) is 1.67. The molecule has 0 spiro atoms. The van der Waals surface area contributed by atoms with Crippen LogP contribution in [-0.2, 0) is 5.54 Å². The van der Waals surface area contributed by atoms with E-state index in [9.17, 15) is 27.5 Å². The molecule has 0 aromatic heterocycles. The number of nitrogens with zero attached hydrogens (tertiary/aromatic N) is 3.